The Morgan fingerprint density at radius 2 is 1.94 bits per heavy atom. The quantitative estimate of drug-likeness (QED) is 0.584. The Labute approximate surface area is 120 Å². The zero-order valence-corrected chi connectivity index (χ0v) is 12.3. The number of hydrogen-bond donors (Lipinski definition) is 1. The van der Waals surface area contributed by atoms with Crippen LogP contribution in [-0.4, -0.2) is 0 Å². The fourth-order valence-electron chi connectivity index (χ4n) is 1.28. The van der Waals surface area contributed by atoms with Gasteiger partial charge in [-0.05, 0) is 68.9 Å². The number of rotatable bonds is 2. The van der Waals surface area contributed by atoms with Gasteiger partial charge in [0.15, 0.2) is 0 Å². The molecule has 2 aromatic carbocycles. The molecular formula is C12H8BrFINO. The van der Waals surface area contributed by atoms with Crippen molar-refractivity contribution < 1.29 is 9.13 Å². The lowest BCUT2D eigenvalue weighted by Crippen LogP contribution is -1.93. The molecule has 2 aromatic rings. The lowest BCUT2D eigenvalue weighted by Gasteiger charge is -2.09. The number of halogens is 3. The first kappa shape index (κ1) is 12.6. The second kappa shape index (κ2) is 5.22. The van der Waals surface area contributed by atoms with Crippen LogP contribution in [0.25, 0.3) is 0 Å². The third-order valence-corrected chi connectivity index (χ3v) is 3.40. The summed E-state index contributed by atoms with van der Waals surface area (Å²) in [6, 6.07) is 10.0. The monoisotopic (exact) mass is 407 g/mol. The highest BCUT2D eigenvalue weighted by Gasteiger charge is 2.05. The van der Waals surface area contributed by atoms with E-state index < -0.39 is 0 Å². The van der Waals surface area contributed by atoms with Crippen LogP contribution >= 0.6 is 38.5 Å². The maximum Gasteiger partial charge on any atom is 0.150 e. The van der Waals surface area contributed by atoms with Crippen LogP contribution in [0.4, 0.5) is 10.1 Å². The van der Waals surface area contributed by atoms with Gasteiger partial charge in [-0.1, -0.05) is 0 Å². The van der Waals surface area contributed by atoms with Gasteiger partial charge in [-0.2, -0.15) is 0 Å². The van der Waals surface area contributed by atoms with Crippen molar-refractivity contribution in [2.75, 3.05) is 5.73 Å². The predicted octanol–water partition coefficient (Wildman–Crippen LogP) is 4.57. The van der Waals surface area contributed by atoms with Gasteiger partial charge in [0.05, 0.1) is 10.2 Å². The maximum absolute atomic E-state index is 13.3. The van der Waals surface area contributed by atoms with E-state index in [0.717, 1.165) is 3.57 Å². The van der Waals surface area contributed by atoms with Gasteiger partial charge in [0.1, 0.15) is 17.3 Å². The first-order valence-electron chi connectivity index (χ1n) is 4.74. The normalized spacial score (nSPS) is 10.3. The summed E-state index contributed by atoms with van der Waals surface area (Å²) in [5.74, 6) is 0.567. The Morgan fingerprint density at radius 1 is 1.18 bits per heavy atom. The fourth-order valence-corrected chi connectivity index (χ4v) is 2.04. The summed E-state index contributed by atoms with van der Waals surface area (Å²) in [6.07, 6.45) is 0. The molecule has 17 heavy (non-hydrogen) atoms. The number of nitrogen functional groups attached to an aromatic ring is 1. The second-order valence-electron chi connectivity index (χ2n) is 3.36. The van der Waals surface area contributed by atoms with Crippen molar-refractivity contribution >= 4 is 44.2 Å². The maximum atomic E-state index is 13.3. The number of hydrogen-bond acceptors (Lipinski definition) is 2. The van der Waals surface area contributed by atoms with Gasteiger partial charge in [-0.15, -0.1) is 0 Å². The number of nitrogens with two attached hydrogens (primary N) is 1. The summed E-state index contributed by atoms with van der Waals surface area (Å²) < 4.78 is 20.2. The third kappa shape index (κ3) is 3.10. The highest BCUT2D eigenvalue weighted by Crippen LogP contribution is 2.30. The lowest BCUT2D eigenvalue weighted by atomic mass is 10.3. The number of benzene rings is 2. The highest BCUT2D eigenvalue weighted by atomic mass is 127. The van der Waals surface area contributed by atoms with Crippen molar-refractivity contribution in [2.45, 2.75) is 0 Å². The molecule has 0 radical (unpaired) electrons. The molecule has 0 fully saturated rings. The molecular weight excluding hydrogens is 400 g/mol. The van der Waals surface area contributed by atoms with Crippen molar-refractivity contribution in [1.82, 2.24) is 0 Å². The van der Waals surface area contributed by atoms with Crippen LogP contribution in [0, 0.1) is 9.39 Å². The van der Waals surface area contributed by atoms with Gasteiger partial charge in [0, 0.05) is 9.64 Å². The molecule has 0 aliphatic carbocycles. The minimum absolute atomic E-state index is 0.369. The SMILES string of the molecule is Nc1cc(I)ccc1Oc1ccc(Br)c(F)c1. The Hall–Kier alpha value is -0.820. The van der Waals surface area contributed by atoms with Crippen LogP contribution < -0.4 is 10.5 Å². The van der Waals surface area contributed by atoms with Crippen LogP contribution in [0.5, 0.6) is 11.5 Å². The average Bonchev–Trinajstić information content (AvgIpc) is 2.27. The summed E-state index contributed by atoms with van der Waals surface area (Å²) in [7, 11) is 0. The molecule has 0 heterocycles. The van der Waals surface area contributed by atoms with E-state index in [0.29, 0.717) is 21.7 Å². The predicted molar refractivity (Wildman–Crippen MR) is 77.7 cm³/mol. The number of ether oxygens (including phenoxy) is 1. The van der Waals surface area contributed by atoms with E-state index in [2.05, 4.69) is 38.5 Å². The van der Waals surface area contributed by atoms with Crippen molar-refractivity contribution in [3.8, 4) is 11.5 Å². The van der Waals surface area contributed by atoms with Crippen LogP contribution in [0.15, 0.2) is 40.9 Å². The van der Waals surface area contributed by atoms with E-state index in [1.54, 1.807) is 24.3 Å². The average molecular weight is 408 g/mol. The molecule has 0 aliphatic heterocycles. The first-order valence-corrected chi connectivity index (χ1v) is 6.61. The Bertz CT molecular complexity index is 562. The zero-order valence-electron chi connectivity index (χ0n) is 8.58. The van der Waals surface area contributed by atoms with E-state index in [9.17, 15) is 4.39 Å². The minimum Gasteiger partial charge on any atom is -0.455 e. The van der Waals surface area contributed by atoms with Crippen molar-refractivity contribution in [1.29, 1.82) is 0 Å². The molecule has 2 rings (SSSR count). The molecule has 0 amide bonds. The van der Waals surface area contributed by atoms with Crippen molar-refractivity contribution in [2.24, 2.45) is 0 Å². The molecule has 5 heteroatoms. The van der Waals surface area contributed by atoms with E-state index in [4.69, 9.17) is 10.5 Å². The number of anilines is 1. The molecule has 88 valence electrons. The molecule has 2 N–H and O–H groups in total. The molecule has 0 spiro atoms. The van der Waals surface area contributed by atoms with Gasteiger partial charge < -0.3 is 10.5 Å². The fraction of sp³-hybridized carbons (Fsp3) is 0. The van der Waals surface area contributed by atoms with E-state index in [1.807, 2.05) is 6.07 Å². The van der Waals surface area contributed by atoms with Crippen LogP contribution in [0.2, 0.25) is 0 Å². The standard InChI is InChI=1S/C12H8BrFINO/c13-9-3-2-8(6-10(9)14)17-12-4-1-7(15)5-11(12)16/h1-6H,16H2. The molecule has 0 aliphatic rings. The zero-order chi connectivity index (χ0) is 12.4. The molecule has 0 saturated carbocycles. The third-order valence-electron chi connectivity index (χ3n) is 2.09. The summed E-state index contributed by atoms with van der Waals surface area (Å²) in [5, 5.41) is 0. The summed E-state index contributed by atoms with van der Waals surface area (Å²) in [6.45, 7) is 0. The smallest absolute Gasteiger partial charge is 0.150 e. The molecule has 2 nitrogen and oxygen atoms in total. The van der Waals surface area contributed by atoms with Gasteiger partial charge in [-0.3, -0.25) is 0 Å². The van der Waals surface area contributed by atoms with Crippen molar-refractivity contribution in [3.05, 3.63) is 50.3 Å². The Kier molecular flexibility index (Phi) is 3.88. The van der Waals surface area contributed by atoms with Crippen LogP contribution in [0.3, 0.4) is 0 Å². The Balaban J connectivity index is 2.28. The summed E-state index contributed by atoms with van der Waals surface area (Å²) in [4.78, 5) is 0. The van der Waals surface area contributed by atoms with E-state index >= 15 is 0 Å². The van der Waals surface area contributed by atoms with E-state index in [1.165, 1.54) is 6.07 Å². The minimum atomic E-state index is -0.369. The van der Waals surface area contributed by atoms with Crippen molar-refractivity contribution in [3.63, 3.8) is 0 Å². The van der Waals surface area contributed by atoms with E-state index in [-0.39, 0.29) is 5.82 Å². The molecule has 0 atom stereocenters. The first-order chi connectivity index (χ1) is 8.06. The summed E-state index contributed by atoms with van der Waals surface area (Å²) in [5.41, 5.74) is 6.33. The highest BCUT2D eigenvalue weighted by molar-refractivity contribution is 14.1. The molecule has 0 saturated heterocycles. The van der Waals surface area contributed by atoms with Gasteiger partial charge in [-0.25, -0.2) is 4.39 Å². The largest absolute Gasteiger partial charge is 0.455 e. The van der Waals surface area contributed by atoms with Crippen LogP contribution in [-0.2, 0) is 0 Å². The lowest BCUT2D eigenvalue weighted by molar-refractivity contribution is 0.478. The summed E-state index contributed by atoms with van der Waals surface area (Å²) >= 11 is 5.24. The Morgan fingerprint density at radius 3 is 2.59 bits per heavy atom. The van der Waals surface area contributed by atoms with Crippen LogP contribution in [0.1, 0.15) is 0 Å². The van der Waals surface area contributed by atoms with Gasteiger partial charge in [0.2, 0.25) is 0 Å². The topological polar surface area (TPSA) is 35.2 Å². The molecule has 0 aromatic heterocycles. The van der Waals surface area contributed by atoms with Gasteiger partial charge >= 0.3 is 0 Å². The van der Waals surface area contributed by atoms with Gasteiger partial charge in [0.25, 0.3) is 0 Å². The second-order valence-corrected chi connectivity index (χ2v) is 5.46. The molecule has 0 unspecified atom stereocenters. The molecule has 0 bridgehead atoms.